The van der Waals surface area contributed by atoms with Crippen LogP contribution >= 0.6 is 0 Å². The van der Waals surface area contributed by atoms with Crippen LogP contribution < -0.4 is 5.32 Å². The van der Waals surface area contributed by atoms with Gasteiger partial charge in [-0.05, 0) is 19.3 Å². The summed E-state index contributed by atoms with van der Waals surface area (Å²) in [6.45, 7) is 3.40. The first-order valence-corrected chi connectivity index (χ1v) is 9.18. The second-order valence-corrected chi connectivity index (χ2v) is 6.54. The number of rotatable bonds is 11. The SMILES string of the molecule is CCCCCCCCCCn1ccnc1NC1CCCC1. The van der Waals surface area contributed by atoms with Crippen LogP contribution in [-0.2, 0) is 6.54 Å². The first-order valence-electron chi connectivity index (χ1n) is 9.18. The van der Waals surface area contributed by atoms with E-state index in [1.54, 1.807) is 0 Å². The summed E-state index contributed by atoms with van der Waals surface area (Å²) >= 11 is 0. The smallest absolute Gasteiger partial charge is 0.202 e. The Morgan fingerprint density at radius 3 is 2.43 bits per heavy atom. The highest BCUT2D eigenvalue weighted by Crippen LogP contribution is 2.21. The molecule has 0 bridgehead atoms. The lowest BCUT2D eigenvalue weighted by Gasteiger charge is -2.14. The van der Waals surface area contributed by atoms with Gasteiger partial charge in [-0.2, -0.15) is 0 Å². The highest BCUT2D eigenvalue weighted by atomic mass is 15.2. The molecule has 1 saturated carbocycles. The van der Waals surface area contributed by atoms with Crippen LogP contribution in [0.25, 0.3) is 0 Å². The van der Waals surface area contributed by atoms with Gasteiger partial charge in [-0.1, -0.05) is 64.7 Å². The van der Waals surface area contributed by atoms with Crippen LogP contribution in [0.1, 0.15) is 84.0 Å². The minimum Gasteiger partial charge on any atom is -0.353 e. The van der Waals surface area contributed by atoms with E-state index in [9.17, 15) is 0 Å². The minimum atomic E-state index is 0.657. The van der Waals surface area contributed by atoms with Gasteiger partial charge in [0.2, 0.25) is 5.95 Å². The molecule has 0 aliphatic heterocycles. The lowest BCUT2D eigenvalue weighted by molar-refractivity contribution is 0.544. The van der Waals surface area contributed by atoms with E-state index in [1.165, 1.54) is 77.0 Å². The third kappa shape index (κ3) is 6.11. The molecule has 0 amide bonds. The third-order valence-corrected chi connectivity index (χ3v) is 4.66. The summed E-state index contributed by atoms with van der Waals surface area (Å²) in [6.07, 6.45) is 20.5. The molecule has 1 aliphatic rings. The maximum atomic E-state index is 4.48. The normalized spacial score (nSPS) is 15.7. The zero-order valence-electron chi connectivity index (χ0n) is 13.8. The number of aryl methyl sites for hydroxylation is 1. The lowest BCUT2D eigenvalue weighted by atomic mass is 10.1. The molecular weight excluding hydrogens is 258 g/mol. The van der Waals surface area contributed by atoms with Crippen molar-refractivity contribution in [3.63, 3.8) is 0 Å². The van der Waals surface area contributed by atoms with Crippen molar-refractivity contribution >= 4 is 5.95 Å². The van der Waals surface area contributed by atoms with Gasteiger partial charge in [0.25, 0.3) is 0 Å². The highest BCUT2D eigenvalue weighted by molar-refractivity contribution is 5.27. The molecule has 2 rings (SSSR count). The molecule has 21 heavy (non-hydrogen) atoms. The van der Waals surface area contributed by atoms with Crippen molar-refractivity contribution in [2.75, 3.05) is 5.32 Å². The van der Waals surface area contributed by atoms with Crippen LogP contribution in [0.2, 0.25) is 0 Å². The maximum absolute atomic E-state index is 4.48. The number of hydrogen-bond donors (Lipinski definition) is 1. The van der Waals surface area contributed by atoms with Crippen LogP contribution in [0.4, 0.5) is 5.95 Å². The molecular formula is C18H33N3. The summed E-state index contributed by atoms with van der Waals surface area (Å²) in [5.74, 6) is 1.09. The summed E-state index contributed by atoms with van der Waals surface area (Å²) in [7, 11) is 0. The van der Waals surface area contributed by atoms with Crippen molar-refractivity contribution in [3.05, 3.63) is 12.4 Å². The molecule has 1 aromatic rings. The number of unbranched alkanes of at least 4 members (excludes halogenated alkanes) is 7. The van der Waals surface area contributed by atoms with Crippen molar-refractivity contribution in [2.24, 2.45) is 0 Å². The van der Waals surface area contributed by atoms with Gasteiger partial charge in [0.15, 0.2) is 0 Å². The van der Waals surface area contributed by atoms with Crippen molar-refractivity contribution in [1.82, 2.24) is 9.55 Å². The van der Waals surface area contributed by atoms with Crippen molar-refractivity contribution in [2.45, 2.75) is 96.6 Å². The molecule has 120 valence electrons. The number of hydrogen-bond acceptors (Lipinski definition) is 2. The predicted octanol–water partition coefficient (Wildman–Crippen LogP) is 5.38. The monoisotopic (exact) mass is 291 g/mol. The second kappa shape index (κ2) is 9.86. The number of imidazole rings is 1. The predicted molar refractivity (Wildman–Crippen MR) is 90.7 cm³/mol. The fourth-order valence-corrected chi connectivity index (χ4v) is 3.30. The van der Waals surface area contributed by atoms with E-state index in [0.29, 0.717) is 6.04 Å². The van der Waals surface area contributed by atoms with Gasteiger partial charge in [0, 0.05) is 25.0 Å². The van der Waals surface area contributed by atoms with Crippen LogP contribution in [0.5, 0.6) is 0 Å². The van der Waals surface area contributed by atoms with E-state index in [4.69, 9.17) is 0 Å². The van der Waals surface area contributed by atoms with E-state index in [2.05, 4.69) is 28.0 Å². The van der Waals surface area contributed by atoms with E-state index in [1.807, 2.05) is 6.20 Å². The zero-order valence-corrected chi connectivity index (χ0v) is 13.8. The Hall–Kier alpha value is -0.990. The Bertz CT molecular complexity index is 366. The summed E-state index contributed by atoms with van der Waals surface area (Å²) in [6, 6.07) is 0.657. The molecule has 1 aliphatic carbocycles. The molecule has 0 aromatic carbocycles. The molecule has 1 heterocycles. The second-order valence-electron chi connectivity index (χ2n) is 6.54. The molecule has 1 fully saturated rings. The standard InChI is InChI=1S/C18H33N3/c1-2-3-4-5-6-7-8-11-15-21-16-14-19-18(21)20-17-12-9-10-13-17/h14,16-17H,2-13,15H2,1H3,(H,19,20). The van der Waals surface area contributed by atoms with E-state index in [-0.39, 0.29) is 0 Å². The van der Waals surface area contributed by atoms with Crippen molar-refractivity contribution in [3.8, 4) is 0 Å². The van der Waals surface area contributed by atoms with Crippen LogP contribution in [-0.4, -0.2) is 15.6 Å². The number of nitrogens with one attached hydrogen (secondary N) is 1. The first kappa shape index (κ1) is 16.4. The summed E-state index contributed by atoms with van der Waals surface area (Å²) in [5.41, 5.74) is 0. The van der Waals surface area contributed by atoms with Gasteiger partial charge in [0.05, 0.1) is 0 Å². The molecule has 3 heteroatoms. The van der Waals surface area contributed by atoms with Gasteiger partial charge >= 0.3 is 0 Å². The Labute approximate surface area is 130 Å². The number of aromatic nitrogens is 2. The molecule has 0 atom stereocenters. The minimum absolute atomic E-state index is 0.657. The van der Waals surface area contributed by atoms with Gasteiger partial charge < -0.3 is 9.88 Å². The summed E-state index contributed by atoms with van der Waals surface area (Å²) < 4.78 is 2.30. The van der Waals surface area contributed by atoms with Crippen molar-refractivity contribution in [1.29, 1.82) is 0 Å². The number of anilines is 1. The highest BCUT2D eigenvalue weighted by Gasteiger charge is 2.16. The number of nitrogens with zero attached hydrogens (tertiary/aromatic N) is 2. The molecule has 3 nitrogen and oxygen atoms in total. The third-order valence-electron chi connectivity index (χ3n) is 4.66. The summed E-state index contributed by atoms with van der Waals surface area (Å²) in [5, 5.41) is 3.62. The topological polar surface area (TPSA) is 29.9 Å². The van der Waals surface area contributed by atoms with E-state index < -0.39 is 0 Å². The molecule has 0 spiro atoms. The largest absolute Gasteiger partial charge is 0.353 e. The Kier molecular flexibility index (Phi) is 7.69. The van der Waals surface area contributed by atoms with Gasteiger partial charge in [-0.15, -0.1) is 0 Å². The fraction of sp³-hybridized carbons (Fsp3) is 0.833. The fourth-order valence-electron chi connectivity index (χ4n) is 3.30. The quantitative estimate of drug-likeness (QED) is 0.555. The molecule has 1 aromatic heterocycles. The molecule has 0 radical (unpaired) electrons. The Morgan fingerprint density at radius 2 is 1.71 bits per heavy atom. The Balaban J connectivity index is 1.57. The average Bonchev–Trinajstić information content (AvgIpc) is 3.15. The van der Waals surface area contributed by atoms with Crippen LogP contribution in [0.3, 0.4) is 0 Å². The van der Waals surface area contributed by atoms with Crippen LogP contribution in [0.15, 0.2) is 12.4 Å². The summed E-state index contributed by atoms with van der Waals surface area (Å²) in [4.78, 5) is 4.48. The average molecular weight is 291 g/mol. The lowest BCUT2D eigenvalue weighted by Crippen LogP contribution is -2.18. The van der Waals surface area contributed by atoms with Crippen molar-refractivity contribution < 1.29 is 0 Å². The molecule has 1 N–H and O–H groups in total. The van der Waals surface area contributed by atoms with Gasteiger partial charge in [0.1, 0.15) is 0 Å². The Morgan fingerprint density at radius 1 is 1.05 bits per heavy atom. The van der Waals surface area contributed by atoms with E-state index >= 15 is 0 Å². The molecule has 0 unspecified atom stereocenters. The maximum Gasteiger partial charge on any atom is 0.202 e. The van der Waals surface area contributed by atoms with Gasteiger partial charge in [-0.3, -0.25) is 0 Å². The molecule has 0 saturated heterocycles. The van der Waals surface area contributed by atoms with Gasteiger partial charge in [-0.25, -0.2) is 4.98 Å². The zero-order chi connectivity index (χ0) is 14.8. The van der Waals surface area contributed by atoms with E-state index in [0.717, 1.165) is 12.5 Å². The first-order chi connectivity index (χ1) is 10.4. The van der Waals surface area contributed by atoms with Crippen LogP contribution in [0, 0.1) is 0 Å².